The average molecular weight is 283 g/mol. The zero-order valence-corrected chi connectivity index (χ0v) is 12.1. The Morgan fingerprint density at radius 1 is 1.05 bits per heavy atom. The molecule has 108 valence electrons. The first-order valence-electron chi connectivity index (χ1n) is 6.62. The molecule has 0 heterocycles. The van der Waals surface area contributed by atoms with Gasteiger partial charge in [0.2, 0.25) is 0 Å². The van der Waals surface area contributed by atoms with Gasteiger partial charge >= 0.3 is 5.97 Å². The largest absolute Gasteiger partial charge is 0.469 e. The molecule has 0 saturated carbocycles. The maximum atomic E-state index is 11.6. The molecule has 2 aromatic carbocycles. The minimum atomic E-state index is -0.260. The van der Waals surface area contributed by atoms with Crippen LogP contribution in [0.3, 0.4) is 0 Å². The SMILES string of the molecule is CNC(=O)c1cccc(-c2ccc(CC(=O)OC)cc2)c1. The standard InChI is InChI=1S/C17H17NO3/c1-18-17(20)15-5-3-4-14(11-15)13-8-6-12(7-9-13)10-16(19)21-2/h3-9,11H,10H2,1-2H3,(H,18,20). The summed E-state index contributed by atoms with van der Waals surface area (Å²) in [6.45, 7) is 0. The molecule has 0 fully saturated rings. The molecule has 2 aromatic rings. The number of hydrogen-bond donors (Lipinski definition) is 1. The molecule has 0 aliphatic heterocycles. The van der Waals surface area contributed by atoms with Gasteiger partial charge in [0.25, 0.3) is 5.91 Å². The Hall–Kier alpha value is -2.62. The Labute approximate surface area is 123 Å². The molecule has 0 radical (unpaired) electrons. The molecule has 1 amide bonds. The van der Waals surface area contributed by atoms with Crippen molar-refractivity contribution in [2.45, 2.75) is 6.42 Å². The van der Waals surface area contributed by atoms with Gasteiger partial charge in [-0.3, -0.25) is 9.59 Å². The molecular weight excluding hydrogens is 266 g/mol. The van der Waals surface area contributed by atoms with Crippen LogP contribution in [0.15, 0.2) is 48.5 Å². The van der Waals surface area contributed by atoms with E-state index < -0.39 is 0 Å². The lowest BCUT2D eigenvalue weighted by Crippen LogP contribution is -2.17. The van der Waals surface area contributed by atoms with Gasteiger partial charge in [-0.15, -0.1) is 0 Å². The highest BCUT2D eigenvalue weighted by atomic mass is 16.5. The van der Waals surface area contributed by atoms with Crippen molar-refractivity contribution in [2.24, 2.45) is 0 Å². The Bertz CT molecular complexity index is 647. The van der Waals surface area contributed by atoms with Crippen molar-refractivity contribution >= 4 is 11.9 Å². The second-order valence-electron chi connectivity index (χ2n) is 4.61. The number of rotatable bonds is 4. The van der Waals surface area contributed by atoms with Gasteiger partial charge in [-0.1, -0.05) is 36.4 Å². The Morgan fingerprint density at radius 2 is 1.76 bits per heavy atom. The van der Waals surface area contributed by atoms with Crippen molar-refractivity contribution in [3.05, 3.63) is 59.7 Å². The Kier molecular flexibility index (Phi) is 4.72. The maximum absolute atomic E-state index is 11.6. The predicted octanol–water partition coefficient (Wildman–Crippen LogP) is 2.43. The van der Waals surface area contributed by atoms with Crippen LogP contribution in [0, 0.1) is 0 Å². The van der Waals surface area contributed by atoms with Crippen molar-refractivity contribution in [3.63, 3.8) is 0 Å². The topological polar surface area (TPSA) is 55.4 Å². The van der Waals surface area contributed by atoms with Crippen LogP contribution in [0.1, 0.15) is 15.9 Å². The lowest BCUT2D eigenvalue weighted by atomic mass is 10.0. The van der Waals surface area contributed by atoms with Crippen LogP contribution in [0.5, 0.6) is 0 Å². The molecule has 0 aromatic heterocycles. The number of methoxy groups -OCH3 is 1. The molecule has 0 unspecified atom stereocenters. The quantitative estimate of drug-likeness (QED) is 0.877. The number of amides is 1. The van der Waals surface area contributed by atoms with E-state index in [1.54, 1.807) is 13.1 Å². The number of ether oxygens (including phenoxy) is 1. The third-order valence-corrected chi connectivity index (χ3v) is 3.22. The monoisotopic (exact) mass is 283 g/mol. The molecule has 0 aliphatic carbocycles. The summed E-state index contributed by atoms with van der Waals surface area (Å²) in [4.78, 5) is 22.9. The van der Waals surface area contributed by atoms with Gasteiger partial charge in [0.1, 0.15) is 0 Å². The fraction of sp³-hybridized carbons (Fsp3) is 0.176. The van der Waals surface area contributed by atoms with Crippen LogP contribution >= 0.6 is 0 Å². The molecule has 0 bridgehead atoms. The Morgan fingerprint density at radius 3 is 2.38 bits per heavy atom. The van der Waals surface area contributed by atoms with Gasteiger partial charge < -0.3 is 10.1 Å². The number of nitrogens with one attached hydrogen (secondary N) is 1. The van der Waals surface area contributed by atoms with Crippen molar-refractivity contribution in [2.75, 3.05) is 14.2 Å². The van der Waals surface area contributed by atoms with Crippen molar-refractivity contribution in [1.82, 2.24) is 5.32 Å². The maximum Gasteiger partial charge on any atom is 0.309 e. The van der Waals surface area contributed by atoms with Crippen LogP contribution in [-0.4, -0.2) is 26.0 Å². The molecular formula is C17H17NO3. The molecule has 4 heteroatoms. The van der Waals surface area contributed by atoms with Gasteiger partial charge in [0, 0.05) is 12.6 Å². The average Bonchev–Trinajstić information content (AvgIpc) is 2.54. The highest BCUT2D eigenvalue weighted by Gasteiger charge is 2.06. The van der Waals surface area contributed by atoms with Crippen LogP contribution in [0.2, 0.25) is 0 Å². The van der Waals surface area contributed by atoms with Gasteiger partial charge in [-0.05, 0) is 28.8 Å². The van der Waals surface area contributed by atoms with E-state index in [2.05, 4.69) is 10.1 Å². The number of carbonyl (C=O) groups is 2. The summed E-state index contributed by atoms with van der Waals surface area (Å²) in [5, 5.41) is 2.61. The van der Waals surface area contributed by atoms with Crippen LogP contribution in [0.4, 0.5) is 0 Å². The third-order valence-electron chi connectivity index (χ3n) is 3.22. The van der Waals surface area contributed by atoms with Gasteiger partial charge in [0.05, 0.1) is 13.5 Å². The molecule has 21 heavy (non-hydrogen) atoms. The summed E-state index contributed by atoms with van der Waals surface area (Å²) in [7, 11) is 2.98. The molecule has 1 N–H and O–H groups in total. The Balaban J connectivity index is 2.22. The summed E-state index contributed by atoms with van der Waals surface area (Å²) in [6, 6.07) is 15.0. The number of hydrogen-bond acceptors (Lipinski definition) is 3. The lowest BCUT2D eigenvalue weighted by molar-refractivity contribution is -0.139. The number of esters is 1. The fourth-order valence-corrected chi connectivity index (χ4v) is 2.04. The van der Waals surface area contributed by atoms with Crippen LogP contribution in [0.25, 0.3) is 11.1 Å². The number of carbonyl (C=O) groups excluding carboxylic acids is 2. The zero-order chi connectivity index (χ0) is 15.2. The second kappa shape index (κ2) is 6.70. The smallest absolute Gasteiger partial charge is 0.309 e. The third kappa shape index (κ3) is 3.69. The predicted molar refractivity (Wildman–Crippen MR) is 81.0 cm³/mol. The van der Waals surface area contributed by atoms with Gasteiger partial charge in [0.15, 0.2) is 0 Å². The fourth-order valence-electron chi connectivity index (χ4n) is 2.04. The minimum absolute atomic E-state index is 0.112. The normalized spacial score (nSPS) is 10.0. The van der Waals surface area contributed by atoms with Gasteiger partial charge in [-0.2, -0.15) is 0 Å². The van der Waals surface area contributed by atoms with Crippen LogP contribution < -0.4 is 5.32 Å². The van der Waals surface area contributed by atoms with E-state index in [0.29, 0.717) is 5.56 Å². The second-order valence-corrected chi connectivity index (χ2v) is 4.61. The zero-order valence-electron chi connectivity index (χ0n) is 12.1. The van der Waals surface area contributed by atoms with E-state index in [-0.39, 0.29) is 18.3 Å². The first-order chi connectivity index (χ1) is 10.1. The summed E-state index contributed by atoms with van der Waals surface area (Å²) >= 11 is 0. The summed E-state index contributed by atoms with van der Waals surface area (Å²) in [5.74, 6) is -0.372. The molecule has 2 rings (SSSR count). The first kappa shape index (κ1) is 14.8. The molecule has 0 atom stereocenters. The van der Waals surface area contributed by atoms with Crippen molar-refractivity contribution < 1.29 is 14.3 Å². The van der Waals surface area contributed by atoms with Gasteiger partial charge in [-0.25, -0.2) is 0 Å². The van der Waals surface area contributed by atoms with Crippen LogP contribution in [-0.2, 0) is 16.0 Å². The van der Waals surface area contributed by atoms with E-state index in [9.17, 15) is 9.59 Å². The van der Waals surface area contributed by atoms with Crippen molar-refractivity contribution in [3.8, 4) is 11.1 Å². The van der Waals surface area contributed by atoms with E-state index >= 15 is 0 Å². The summed E-state index contributed by atoms with van der Waals surface area (Å²) in [5.41, 5.74) is 3.47. The highest BCUT2D eigenvalue weighted by Crippen LogP contribution is 2.21. The number of benzene rings is 2. The minimum Gasteiger partial charge on any atom is -0.469 e. The summed E-state index contributed by atoms with van der Waals surface area (Å²) < 4.78 is 4.64. The van der Waals surface area contributed by atoms with Crippen molar-refractivity contribution in [1.29, 1.82) is 0 Å². The summed E-state index contributed by atoms with van der Waals surface area (Å²) in [6.07, 6.45) is 0.259. The molecule has 0 spiro atoms. The lowest BCUT2D eigenvalue weighted by Gasteiger charge is -2.06. The molecule has 0 saturated heterocycles. The highest BCUT2D eigenvalue weighted by molar-refractivity contribution is 5.95. The molecule has 0 aliphatic rings. The molecule has 4 nitrogen and oxygen atoms in total. The van der Waals surface area contributed by atoms with E-state index in [0.717, 1.165) is 16.7 Å². The first-order valence-corrected chi connectivity index (χ1v) is 6.62. The van der Waals surface area contributed by atoms with E-state index in [1.807, 2.05) is 42.5 Å². The van der Waals surface area contributed by atoms with E-state index in [4.69, 9.17) is 0 Å². The van der Waals surface area contributed by atoms with E-state index in [1.165, 1.54) is 7.11 Å².